The van der Waals surface area contributed by atoms with Crippen LogP contribution in [0.3, 0.4) is 0 Å². The van der Waals surface area contributed by atoms with Crippen molar-refractivity contribution in [2.45, 2.75) is 57.9 Å². The van der Waals surface area contributed by atoms with Gasteiger partial charge in [0.25, 0.3) is 0 Å². The Hall–Kier alpha value is -0.570. The molecule has 1 aliphatic rings. The van der Waals surface area contributed by atoms with Gasteiger partial charge in [-0.3, -0.25) is 0 Å². The van der Waals surface area contributed by atoms with Crippen molar-refractivity contribution in [3.63, 3.8) is 0 Å². The van der Waals surface area contributed by atoms with Crippen LogP contribution in [-0.4, -0.2) is 6.04 Å². The number of para-hydroxylation sites is 1. The smallest absolute Gasteiger partial charge is 0.147 e. The molecule has 0 radical (unpaired) electrons. The van der Waals surface area contributed by atoms with Gasteiger partial charge in [0.1, 0.15) is 5.82 Å². The minimum Gasteiger partial charge on any atom is -0.379 e. The van der Waals surface area contributed by atoms with E-state index in [1.807, 2.05) is 6.07 Å². The Morgan fingerprint density at radius 3 is 2.84 bits per heavy atom. The fourth-order valence-corrected chi connectivity index (χ4v) is 3.52. The third-order valence-corrected chi connectivity index (χ3v) is 4.76. The highest BCUT2D eigenvalue weighted by Gasteiger charge is 2.19. The zero-order valence-corrected chi connectivity index (χ0v) is 13.2. The van der Waals surface area contributed by atoms with Crippen molar-refractivity contribution in [3.8, 4) is 0 Å². The lowest BCUT2D eigenvalue weighted by Crippen LogP contribution is -2.19. The molecule has 0 saturated heterocycles. The SMILES string of the molecule is CCCC1CCCC(Nc2c(F)cccc2Br)CC1. The normalized spacial score (nSPS) is 23.9. The van der Waals surface area contributed by atoms with Crippen molar-refractivity contribution >= 4 is 21.6 Å². The van der Waals surface area contributed by atoms with Gasteiger partial charge in [-0.2, -0.15) is 0 Å². The first-order valence-electron chi connectivity index (χ1n) is 7.41. The first-order valence-corrected chi connectivity index (χ1v) is 8.20. The molecule has 1 aromatic rings. The van der Waals surface area contributed by atoms with Crippen molar-refractivity contribution in [3.05, 3.63) is 28.5 Å². The monoisotopic (exact) mass is 327 g/mol. The molecule has 0 amide bonds. The summed E-state index contributed by atoms with van der Waals surface area (Å²) < 4.78 is 14.6. The molecule has 19 heavy (non-hydrogen) atoms. The van der Waals surface area contributed by atoms with E-state index in [1.54, 1.807) is 6.07 Å². The molecule has 1 aromatic carbocycles. The van der Waals surface area contributed by atoms with Crippen LogP contribution in [0.5, 0.6) is 0 Å². The van der Waals surface area contributed by atoms with E-state index in [-0.39, 0.29) is 5.82 Å². The number of halogens is 2. The predicted octanol–water partition coefficient (Wildman–Crippen LogP) is 5.75. The Kier molecular flexibility index (Phi) is 5.68. The Bertz CT molecular complexity index is 387. The van der Waals surface area contributed by atoms with Crippen LogP contribution in [0.4, 0.5) is 10.1 Å². The van der Waals surface area contributed by atoms with E-state index < -0.39 is 0 Å². The molecular weight excluding hydrogens is 305 g/mol. The van der Waals surface area contributed by atoms with Crippen LogP contribution in [0.25, 0.3) is 0 Å². The Morgan fingerprint density at radius 2 is 2.11 bits per heavy atom. The Labute approximate surface area is 124 Å². The molecule has 1 aliphatic carbocycles. The average molecular weight is 328 g/mol. The summed E-state index contributed by atoms with van der Waals surface area (Å²) in [5.41, 5.74) is 0.626. The van der Waals surface area contributed by atoms with Crippen molar-refractivity contribution in [2.24, 2.45) is 5.92 Å². The molecule has 0 aliphatic heterocycles. The molecule has 0 aromatic heterocycles. The molecule has 3 heteroatoms. The van der Waals surface area contributed by atoms with Gasteiger partial charge in [0.15, 0.2) is 0 Å². The van der Waals surface area contributed by atoms with Crippen molar-refractivity contribution in [2.75, 3.05) is 5.32 Å². The lowest BCUT2D eigenvalue weighted by molar-refractivity contribution is 0.422. The van der Waals surface area contributed by atoms with Gasteiger partial charge in [-0.05, 0) is 53.2 Å². The minimum atomic E-state index is -0.163. The second kappa shape index (κ2) is 7.28. The molecule has 1 saturated carbocycles. The van der Waals surface area contributed by atoms with Gasteiger partial charge in [0, 0.05) is 10.5 Å². The van der Waals surface area contributed by atoms with E-state index in [4.69, 9.17) is 0 Å². The Balaban J connectivity index is 1.96. The molecule has 1 fully saturated rings. The van der Waals surface area contributed by atoms with Gasteiger partial charge in [-0.25, -0.2) is 4.39 Å². The first kappa shape index (κ1) is 14.8. The zero-order chi connectivity index (χ0) is 13.7. The van der Waals surface area contributed by atoms with Crippen LogP contribution in [0.2, 0.25) is 0 Å². The average Bonchev–Trinajstić information content (AvgIpc) is 2.60. The highest BCUT2D eigenvalue weighted by atomic mass is 79.9. The van der Waals surface area contributed by atoms with Crippen LogP contribution in [0, 0.1) is 11.7 Å². The predicted molar refractivity (Wildman–Crippen MR) is 83.0 cm³/mol. The van der Waals surface area contributed by atoms with E-state index in [9.17, 15) is 4.39 Å². The summed E-state index contributed by atoms with van der Waals surface area (Å²) in [6, 6.07) is 5.55. The minimum absolute atomic E-state index is 0.163. The van der Waals surface area contributed by atoms with Crippen LogP contribution < -0.4 is 5.32 Å². The Morgan fingerprint density at radius 1 is 1.26 bits per heavy atom. The molecule has 0 bridgehead atoms. The quantitative estimate of drug-likeness (QED) is 0.694. The fraction of sp³-hybridized carbons (Fsp3) is 0.625. The summed E-state index contributed by atoms with van der Waals surface area (Å²) in [5.74, 6) is 0.713. The van der Waals surface area contributed by atoms with Gasteiger partial charge in [0.05, 0.1) is 5.69 Å². The highest BCUT2D eigenvalue weighted by Crippen LogP contribution is 2.31. The van der Waals surface area contributed by atoms with Gasteiger partial charge in [0.2, 0.25) is 0 Å². The highest BCUT2D eigenvalue weighted by molar-refractivity contribution is 9.10. The largest absolute Gasteiger partial charge is 0.379 e. The van der Waals surface area contributed by atoms with Gasteiger partial charge in [-0.1, -0.05) is 38.7 Å². The van der Waals surface area contributed by atoms with Gasteiger partial charge < -0.3 is 5.32 Å². The topological polar surface area (TPSA) is 12.0 Å². The summed E-state index contributed by atoms with van der Waals surface area (Å²) >= 11 is 3.43. The molecule has 106 valence electrons. The molecule has 1 nitrogen and oxygen atoms in total. The maximum atomic E-state index is 13.8. The summed E-state index contributed by atoms with van der Waals surface area (Å²) in [6.45, 7) is 2.26. The molecule has 0 heterocycles. The second-order valence-corrected chi connectivity index (χ2v) is 6.46. The van der Waals surface area contributed by atoms with E-state index in [0.717, 1.165) is 23.2 Å². The molecular formula is C16H23BrFN. The summed E-state index contributed by atoms with van der Waals surface area (Å²) in [5, 5.41) is 3.40. The molecule has 1 N–H and O–H groups in total. The first-order chi connectivity index (χ1) is 9.20. The summed E-state index contributed by atoms with van der Waals surface area (Å²) in [7, 11) is 0. The number of hydrogen-bond donors (Lipinski definition) is 1. The number of nitrogens with one attached hydrogen (secondary N) is 1. The summed E-state index contributed by atoms with van der Waals surface area (Å²) in [6.07, 6.45) is 8.81. The molecule has 0 spiro atoms. The maximum absolute atomic E-state index is 13.8. The van der Waals surface area contributed by atoms with E-state index in [2.05, 4.69) is 28.2 Å². The number of rotatable bonds is 4. The lowest BCUT2D eigenvalue weighted by Gasteiger charge is -2.19. The third-order valence-electron chi connectivity index (χ3n) is 4.10. The molecule has 2 unspecified atom stereocenters. The van der Waals surface area contributed by atoms with Crippen molar-refractivity contribution in [1.82, 2.24) is 0 Å². The number of anilines is 1. The van der Waals surface area contributed by atoms with Gasteiger partial charge >= 0.3 is 0 Å². The standard InChI is InChI=1S/C16H23BrFN/c1-2-5-12-6-3-7-13(11-10-12)19-16-14(17)8-4-9-15(16)18/h4,8-9,12-13,19H,2-3,5-7,10-11H2,1H3. The second-order valence-electron chi connectivity index (χ2n) is 5.60. The van der Waals surface area contributed by atoms with Crippen LogP contribution in [-0.2, 0) is 0 Å². The van der Waals surface area contributed by atoms with E-state index in [1.165, 1.54) is 38.2 Å². The number of benzene rings is 1. The van der Waals surface area contributed by atoms with Crippen LogP contribution in [0.1, 0.15) is 51.9 Å². The van der Waals surface area contributed by atoms with Crippen molar-refractivity contribution < 1.29 is 4.39 Å². The van der Waals surface area contributed by atoms with Crippen LogP contribution in [0.15, 0.2) is 22.7 Å². The zero-order valence-electron chi connectivity index (χ0n) is 11.6. The van der Waals surface area contributed by atoms with Crippen LogP contribution >= 0.6 is 15.9 Å². The fourth-order valence-electron chi connectivity index (χ4n) is 3.06. The van der Waals surface area contributed by atoms with E-state index >= 15 is 0 Å². The molecule has 2 atom stereocenters. The number of hydrogen-bond acceptors (Lipinski definition) is 1. The van der Waals surface area contributed by atoms with Gasteiger partial charge in [-0.15, -0.1) is 0 Å². The summed E-state index contributed by atoms with van der Waals surface area (Å²) in [4.78, 5) is 0. The molecule has 2 rings (SSSR count). The van der Waals surface area contributed by atoms with E-state index in [0.29, 0.717) is 11.7 Å². The third kappa shape index (κ3) is 4.20. The lowest BCUT2D eigenvalue weighted by atomic mass is 9.95. The maximum Gasteiger partial charge on any atom is 0.147 e. The van der Waals surface area contributed by atoms with Crippen molar-refractivity contribution in [1.29, 1.82) is 0 Å².